The fraction of sp³-hybridized carbons (Fsp3) is 0.333. The van der Waals surface area contributed by atoms with Gasteiger partial charge in [-0.05, 0) is 49.8 Å². The van der Waals surface area contributed by atoms with Gasteiger partial charge in [0.05, 0.1) is 0 Å². The maximum atomic E-state index is 3.66. The predicted octanol–water partition coefficient (Wildman–Crippen LogP) is 5.59. The number of thioether (sulfide) groups is 1. The Morgan fingerprint density at radius 2 is 1.85 bits per heavy atom. The van der Waals surface area contributed by atoms with Crippen LogP contribution in [-0.4, -0.2) is 5.75 Å². The van der Waals surface area contributed by atoms with Gasteiger partial charge in [0.15, 0.2) is 0 Å². The van der Waals surface area contributed by atoms with Crippen molar-refractivity contribution in [3.63, 3.8) is 0 Å². The van der Waals surface area contributed by atoms with E-state index in [0.717, 1.165) is 5.75 Å². The largest absolute Gasteiger partial charge is 0.378 e. The van der Waals surface area contributed by atoms with Crippen LogP contribution in [0.25, 0.3) is 0 Å². The zero-order chi connectivity index (χ0) is 14.5. The molecule has 0 fully saturated rings. The van der Waals surface area contributed by atoms with Crippen molar-refractivity contribution >= 4 is 17.4 Å². The smallest absolute Gasteiger partial charge is 0.0488 e. The van der Waals surface area contributed by atoms with E-state index < -0.39 is 0 Å². The highest BCUT2D eigenvalue weighted by molar-refractivity contribution is 7.99. The van der Waals surface area contributed by atoms with Gasteiger partial charge >= 0.3 is 0 Å². The second-order valence-corrected chi connectivity index (χ2v) is 6.46. The highest BCUT2D eigenvalue weighted by Crippen LogP contribution is 2.30. The number of rotatable bonds is 5. The number of hydrogen-bond donors (Lipinski definition) is 1. The summed E-state index contributed by atoms with van der Waals surface area (Å²) >= 11 is 1.88. The van der Waals surface area contributed by atoms with Crippen LogP contribution in [0.3, 0.4) is 0 Å². The van der Waals surface area contributed by atoms with E-state index in [4.69, 9.17) is 0 Å². The molecule has 0 saturated carbocycles. The van der Waals surface area contributed by atoms with Crippen LogP contribution in [0.5, 0.6) is 0 Å². The molecule has 0 saturated heterocycles. The Bertz CT molecular complexity index is 577. The molecule has 0 heterocycles. The van der Waals surface area contributed by atoms with Crippen molar-refractivity contribution in [1.29, 1.82) is 0 Å². The van der Waals surface area contributed by atoms with E-state index >= 15 is 0 Å². The minimum absolute atomic E-state index is 0.313. The molecule has 20 heavy (non-hydrogen) atoms. The van der Waals surface area contributed by atoms with E-state index in [1.807, 2.05) is 11.8 Å². The number of anilines is 1. The molecule has 1 unspecified atom stereocenters. The van der Waals surface area contributed by atoms with Crippen LogP contribution >= 0.6 is 11.8 Å². The molecule has 0 amide bonds. The SMILES string of the molecule is CCSc1ccccc1NC(C)c1cc(C)ccc1C. The molecule has 1 N–H and O–H groups in total. The number of nitrogens with one attached hydrogen (secondary N) is 1. The lowest BCUT2D eigenvalue weighted by Gasteiger charge is -2.20. The van der Waals surface area contributed by atoms with Gasteiger partial charge in [-0.15, -0.1) is 11.8 Å². The van der Waals surface area contributed by atoms with Crippen molar-refractivity contribution in [3.8, 4) is 0 Å². The van der Waals surface area contributed by atoms with E-state index in [-0.39, 0.29) is 0 Å². The number of hydrogen-bond acceptors (Lipinski definition) is 2. The summed E-state index contributed by atoms with van der Waals surface area (Å²) in [6.45, 7) is 8.75. The van der Waals surface area contributed by atoms with Gasteiger partial charge in [0.1, 0.15) is 0 Å². The highest BCUT2D eigenvalue weighted by atomic mass is 32.2. The van der Waals surface area contributed by atoms with E-state index in [1.165, 1.54) is 27.3 Å². The van der Waals surface area contributed by atoms with Gasteiger partial charge in [-0.1, -0.05) is 42.8 Å². The standard InChI is InChI=1S/C18H23NS/c1-5-20-18-9-7-6-8-17(18)19-15(4)16-12-13(2)10-11-14(16)3/h6-12,15,19H,5H2,1-4H3. The van der Waals surface area contributed by atoms with Crippen LogP contribution in [0, 0.1) is 13.8 Å². The lowest BCUT2D eigenvalue weighted by atomic mass is 10.00. The van der Waals surface area contributed by atoms with Crippen molar-refractivity contribution in [3.05, 3.63) is 59.2 Å². The Morgan fingerprint density at radius 1 is 1.10 bits per heavy atom. The summed E-state index contributed by atoms with van der Waals surface area (Å²) in [5, 5.41) is 3.66. The van der Waals surface area contributed by atoms with Crippen molar-refractivity contribution in [2.75, 3.05) is 11.1 Å². The fourth-order valence-electron chi connectivity index (χ4n) is 2.40. The van der Waals surface area contributed by atoms with E-state index in [2.05, 4.69) is 75.5 Å². The first-order valence-electron chi connectivity index (χ1n) is 7.17. The first-order chi connectivity index (χ1) is 9.61. The maximum Gasteiger partial charge on any atom is 0.0488 e. The topological polar surface area (TPSA) is 12.0 Å². The van der Waals surface area contributed by atoms with Gasteiger partial charge in [0, 0.05) is 16.6 Å². The molecule has 2 aromatic rings. The van der Waals surface area contributed by atoms with Gasteiger partial charge in [-0.3, -0.25) is 0 Å². The second-order valence-electron chi connectivity index (χ2n) is 5.16. The van der Waals surface area contributed by atoms with Crippen LogP contribution < -0.4 is 5.32 Å². The van der Waals surface area contributed by atoms with Gasteiger partial charge in [-0.2, -0.15) is 0 Å². The van der Waals surface area contributed by atoms with Crippen molar-refractivity contribution in [1.82, 2.24) is 0 Å². The summed E-state index contributed by atoms with van der Waals surface area (Å²) < 4.78 is 0. The molecular formula is C18H23NS. The van der Waals surface area contributed by atoms with Crippen molar-refractivity contribution < 1.29 is 0 Å². The molecule has 1 atom stereocenters. The Balaban J connectivity index is 2.23. The minimum atomic E-state index is 0.313. The molecule has 2 rings (SSSR count). The fourth-order valence-corrected chi connectivity index (χ4v) is 3.17. The minimum Gasteiger partial charge on any atom is -0.378 e. The Hall–Kier alpha value is -1.41. The zero-order valence-electron chi connectivity index (χ0n) is 12.7. The molecule has 2 aromatic carbocycles. The molecule has 0 radical (unpaired) electrons. The molecule has 0 spiro atoms. The summed E-state index contributed by atoms with van der Waals surface area (Å²) in [5.41, 5.74) is 5.26. The Kier molecular flexibility index (Phi) is 5.13. The number of benzene rings is 2. The Labute approximate surface area is 126 Å². The molecule has 0 aliphatic carbocycles. The summed E-state index contributed by atoms with van der Waals surface area (Å²) in [6.07, 6.45) is 0. The second kappa shape index (κ2) is 6.85. The van der Waals surface area contributed by atoms with Crippen LogP contribution in [0.15, 0.2) is 47.4 Å². The normalized spacial score (nSPS) is 12.2. The first-order valence-corrected chi connectivity index (χ1v) is 8.16. The van der Waals surface area contributed by atoms with Crippen LogP contribution in [-0.2, 0) is 0 Å². The molecule has 0 aromatic heterocycles. The lowest BCUT2D eigenvalue weighted by Crippen LogP contribution is -2.09. The van der Waals surface area contributed by atoms with E-state index in [1.54, 1.807) is 0 Å². The zero-order valence-corrected chi connectivity index (χ0v) is 13.6. The summed E-state index contributed by atoms with van der Waals surface area (Å²) in [6, 6.07) is 15.5. The third-order valence-electron chi connectivity index (χ3n) is 3.46. The molecule has 0 aliphatic heterocycles. The molecule has 0 bridgehead atoms. The van der Waals surface area contributed by atoms with Crippen LogP contribution in [0.1, 0.15) is 36.6 Å². The van der Waals surface area contributed by atoms with Crippen LogP contribution in [0.4, 0.5) is 5.69 Å². The predicted molar refractivity (Wildman–Crippen MR) is 90.8 cm³/mol. The highest BCUT2D eigenvalue weighted by Gasteiger charge is 2.10. The summed E-state index contributed by atoms with van der Waals surface area (Å²) in [5.74, 6) is 1.09. The third kappa shape index (κ3) is 3.57. The van der Waals surface area contributed by atoms with Crippen molar-refractivity contribution in [2.24, 2.45) is 0 Å². The van der Waals surface area contributed by atoms with E-state index in [0.29, 0.717) is 6.04 Å². The van der Waals surface area contributed by atoms with Crippen molar-refractivity contribution in [2.45, 2.75) is 38.6 Å². The number of para-hydroxylation sites is 1. The lowest BCUT2D eigenvalue weighted by molar-refractivity contribution is 0.867. The van der Waals surface area contributed by atoms with Gasteiger partial charge in [0.25, 0.3) is 0 Å². The summed E-state index contributed by atoms with van der Waals surface area (Å²) in [7, 11) is 0. The average molecular weight is 285 g/mol. The monoisotopic (exact) mass is 285 g/mol. The molecule has 0 aliphatic rings. The van der Waals surface area contributed by atoms with Gasteiger partial charge < -0.3 is 5.32 Å². The molecular weight excluding hydrogens is 262 g/mol. The molecule has 2 heteroatoms. The quantitative estimate of drug-likeness (QED) is 0.719. The summed E-state index contributed by atoms with van der Waals surface area (Å²) in [4.78, 5) is 1.33. The van der Waals surface area contributed by atoms with Gasteiger partial charge in [-0.25, -0.2) is 0 Å². The first kappa shape index (κ1) is 15.0. The Morgan fingerprint density at radius 3 is 2.60 bits per heavy atom. The van der Waals surface area contributed by atoms with Crippen LogP contribution in [0.2, 0.25) is 0 Å². The molecule has 106 valence electrons. The number of aryl methyl sites for hydroxylation is 2. The maximum absolute atomic E-state index is 3.66. The van der Waals surface area contributed by atoms with E-state index in [9.17, 15) is 0 Å². The third-order valence-corrected chi connectivity index (χ3v) is 4.42. The van der Waals surface area contributed by atoms with Gasteiger partial charge in [0.2, 0.25) is 0 Å². The average Bonchev–Trinajstić information content (AvgIpc) is 2.44. The molecule has 1 nitrogen and oxygen atoms in total.